The third kappa shape index (κ3) is 2.61. The third-order valence-corrected chi connectivity index (χ3v) is 4.44. The Kier molecular flexibility index (Phi) is 4.12. The Morgan fingerprint density at radius 1 is 1.36 bits per heavy atom. The van der Waals surface area contributed by atoms with Crippen LogP contribution in [0.25, 0.3) is 0 Å². The first-order valence-electron chi connectivity index (χ1n) is 7.60. The highest BCUT2D eigenvalue weighted by Gasteiger charge is 2.64. The summed E-state index contributed by atoms with van der Waals surface area (Å²) >= 11 is 0. The molecule has 0 amide bonds. The highest BCUT2D eigenvalue weighted by atomic mass is 19.3. The van der Waals surface area contributed by atoms with Gasteiger partial charge in [-0.05, 0) is 25.1 Å². The molecule has 0 saturated carbocycles. The van der Waals surface area contributed by atoms with Crippen LogP contribution in [0.1, 0.15) is 25.3 Å². The molecule has 25 heavy (non-hydrogen) atoms. The SMILES string of the molecule is C[C@@H]1OC=CN1c1ccc(F)c(C2(C(F)F)N=C(N)CCC2(F)F)c1. The van der Waals surface area contributed by atoms with Gasteiger partial charge < -0.3 is 15.4 Å². The van der Waals surface area contributed by atoms with E-state index in [1.165, 1.54) is 23.4 Å². The molecule has 0 aromatic heterocycles. The Hall–Kier alpha value is -2.32. The van der Waals surface area contributed by atoms with Gasteiger partial charge in [0.25, 0.3) is 12.3 Å². The van der Waals surface area contributed by atoms with Crippen molar-refractivity contribution >= 4 is 11.5 Å². The first kappa shape index (κ1) is 17.5. The molecule has 1 aromatic rings. The lowest BCUT2D eigenvalue weighted by Gasteiger charge is -2.40. The summed E-state index contributed by atoms with van der Waals surface area (Å²) in [5.41, 5.74) is 1.44. The summed E-state index contributed by atoms with van der Waals surface area (Å²) < 4.78 is 76.3. The normalized spacial score (nSPS) is 28.2. The van der Waals surface area contributed by atoms with E-state index in [2.05, 4.69) is 4.99 Å². The van der Waals surface area contributed by atoms with Crippen molar-refractivity contribution in [3.63, 3.8) is 0 Å². The van der Waals surface area contributed by atoms with Gasteiger partial charge in [0, 0.05) is 30.3 Å². The zero-order chi connectivity index (χ0) is 18.4. The van der Waals surface area contributed by atoms with Crippen molar-refractivity contribution in [3.05, 3.63) is 42.0 Å². The van der Waals surface area contributed by atoms with E-state index in [9.17, 15) is 22.0 Å². The Balaban J connectivity index is 2.21. The van der Waals surface area contributed by atoms with Crippen LogP contribution in [0, 0.1) is 5.82 Å². The molecule has 1 aromatic carbocycles. The number of hydrogen-bond donors (Lipinski definition) is 1. The van der Waals surface area contributed by atoms with Crippen LogP contribution < -0.4 is 10.6 Å². The number of alkyl halides is 4. The number of rotatable bonds is 3. The minimum Gasteiger partial charge on any atom is -0.477 e. The Labute approximate surface area is 140 Å². The topological polar surface area (TPSA) is 50.8 Å². The maximum absolute atomic E-state index is 14.5. The van der Waals surface area contributed by atoms with Gasteiger partial charge in [0.05, 0.1) is 5.84 Å². The van der Waals surface area contributed by atoms with Crippen LogP contribution in [-0.4, -0.2) is 24.4 Å². The van der Waals surface area contributed by atoms with Gasteiger partial charge in [0.1, 0.15) is 12.1 Å². The van der Waals surface area contributed by atoms with Crippen LogP contribution in [0.4, 0.5) is 27.6 Å². The van der Waals surface area contributed by atoms with Crippen molar-refractivity contribution in [3.8, 4) is 0 Å². The summed E-state index contributed by atoms with van der Waals surface area (Å²) in [6.07, 6.45) is -2.53. The zero-order valence-corrected chi connectivity index (χ0v) is 13.2. The van der Waals surface area contributed by atoms with Gasteiger partial charge in [0.15, 0.2) is 6.23 Å². The van der Waals surface area contributed by atoms with Crippen LogP contribution in [0.2, 0.25) is 0 Å². The molecule has 0 spiro atoms. The second-order valence-electron chi connectivity index (χ2n) is 5.97. The molecule has 0 fully saturated rings. The number of aliphatic imine (C=N–C) groups is 1. The van der Waals surface area contributed by atoms with E-state index in [1.807, 2.05) is 0 Å². The average Bonchev–Trinajstić information content (AvgIpc) is 2.96. The molecular weight excluding hydrogens is 345 g/mol. The van der Waals surface area contributed by atoms with Crippen LogP contribution in [0.5, 0.6) is 0 Å². The first-order valence-corrected chi connectivity index (χ1v) is 7.60. The smallest absolute Gasteiger partial charge is 0.283 e. The summed E-state index contributed by atoms with van der Waals surface area (Å²) in [6, 6.07) is 3.11. The van der Waals surface area contributed by atoms with E-state index < -0.39 is 41.9 Å². The van der Waals surface area contributed by atoms with E-state index in [-0.39, 0.29) is 17.9 Å². The van der Waals surface area contributed by atoms with Crippen LogP contribution in [0.15, 0.2) is 35.7 Å². The van der Waals surface area contributed by atoms with E-state index in [4.69, 9.17) is 10.5 Å². The summed E-state index contributed by atoms with van der Waals surface area (Å²) in [5, 5.41) is 0. The monoisotopic (exact) mass is 361 g/mol. The lowest BCUT2D eigenvalue weighted by atomic mass is 9.79. The first-order chi connectivity index (χ1) is 11.7. The van der Waals surface area contributed by atoms with E-state index in [0.717, 1.165) is 12.1 Å². The molecule has 2 aliphatic rings. The molecular formula is C16H16F5N3O. The van der Waals surface area contributed by atoms with E-state index in [1.54, 1.807) is 6.92 Å². The lowest BCUT2D eigenvalue weighted by Crippen LogP contribution is -2.54. The summed E-state index contributed by atoms with van der Waals surface area (Å²) in [4.78, 5) is 4.87. The Morgan fingerprint density at radius 2 is 2.08 bits per heavy atom. The highest BCUT2D eigenvalue weighted by molar-refractivity contribution is 5.82. The molecule has 0 bridgehead atoms. The van der Waals surface area contributed by atoms with Crippen molar-refractivity contribution < 1.29 is 26.7 Å². The predicted octanol–water partition coefficient (Wildman–Crippen LogP) is 3.73. The molecule has 2 atom stereocenters. The molecule has 1 unspecified atom stereocenters. The van der Waals surface area contributed by atoms with Gasteiger partial charge in [-0.1, -0.05) is 0 Å². The number of amidine groups is 1. The van der Waals surface area contributed by atoms with Gasteiger partial charge in [0.2, 0.25) is 5.54 Å². The maximum Gasteiger partial charge on any atom is 0.283 e. The second-order valence-corrected chi connectivity index (χ2v) is 5.97. The van der Waals surface area contributed by atoms with Gasteiger partial charge in [-0.2, -0.15) is 0 Å². The summed E-state index contributed by atoms with van der Waals surface area (Å²) in [6.45, 7) is 1.66. The molecule has 0 aliphatic carbocycles. The van der Waals surface area contributed by atoms with Crippen molar-refractivity contribution in [2.75, 3.05) is 4.90 Å². The van der Waals surface area contributed by atoms with Crippen LogP contribution >= 0.6 is 0 Å². The standard InChI is InChI=1S/C16H16F5N3O/c1-9-24(6-7-25-9)10-2-3-12(17)11(8-10)16(14(18)19)15(20,21)5-4-13(22)23-16/h2-3,6-9,14H,4-5H2,1H3,(H2,22,23)/t9-,16?/m0/s1. The van der Waals surface area contributed by atoms with Crippen molar-refractivity contribution in [1.29, 1.82) is 0 Å². The molecule has 2 heterocycles. The number of hydrogen-bond acceptors (Lipinski definition) is 4. The van der Waals surface area contributed by atoms with Crippen LogP contribution in [0.3, 0.4) is 0 Å². The molecule has 0 saturated heterocycles. The molecule has 4 nitrogen and oxygen atoms in total. The molecule has 2 aliphatic heterocycles. The number of benzene rings is 1. The fourth-order valence-corrected chi connectivity index (χ4v) is 3.09. The van der Waals surface area contributed by atoms with Gasteiger partial charge >= 0.3 is 0 Å². The third-order valence-electron chi connectivity index (χ3n) is 4.44. The fraction of sp³-hybridized carbons (Fsp3) is 0.438. The molecule has 0 radical (unpaired) electrons. The van der Waals surface area contributed by atoms with Crippen LogP contribution in [-0.2, 0) is 10.3 Å². The molecule has 9 heteroatoms. The minimum absolute atomic E-state index is 0.229. The molecule has 136 valence electrons. The highest BCUT2D eigenvalue weighted by Crippen LogP contribution is 2.51. The molecule has 2 N–H and O–H groups in total. The largest absolute Gasteiger partial charge is 0.477 e. The quantitative estimate of drug-likeness (QED) is 0.835. The van der Waals surface area contributed by atoms with Gasteiger partial charge in [-0.3, -0.25) is 0 Å². The van der Waals surface area contributed by atoms with Crippen molar-refractivity contribution in [1.82, 2.24) is 0 Å². The summed E-state index contributed by atoms with van der Waals surface area (Å²) in [7, 11) is 0. The molecule has 3 rings (SSSR count). The number of anilines is 1. The second kappa shape index (κ2) is 5.89. The number of ether oxygens (including phenoxy) is 1. The van der Waals surface area contributed by atoms with E-state index >= 15 is 0 Å². The lowest BCUT2D eigenvalue weighted by molar-refractivity contribution is -0.145. The number of halogens is 5. The Morgan fingerprint density at radius 3 is 2.68 bits per heavy atom. The summed E-state index contributed by atoms with van der Waals surface area (Å²) in [5.74, 6) is -5.50. The minimum atomic E-state index is -3.95. The number of nitrogens with two attached hydrogens (primary N) is 1. The predicted molar refractivity (Wildman–Crippen MR) is 82.1 cm³/mol. The maximum atomic E-state index is 14.5. The van der Waals surface area contributed by atoms with E-state index in [0.29, 0.717) is 0 Å². The average molecular weight is 361 g/mol. The fourth-order valence-electron chi connectivity index (χ4n) is 3.09. The van der Waals surface area contributed by atoms with Gasteiger partial charge in [-0.15, -0.1) is 0 Å². The number of nitrogens with zero attached hydrogens (tertiary/aromatic N) is 2. The van der Waals surface area contributed by atoms with Gasteiger partial charge in [-0.25, -0.2) is 26.9 Å². The zero-order valence-electron chi connectivity index (χ0n) is 13.2. The Bertz CT molecular complexity index is 736. The van der Waals surface area contributed by atoms with Crippen molar-refractivity contribution in [2.45, 2.75) is 43.9 Å². The van der Waals surface area contributed by atoms with Crippen molar-refractivity contribution in [2.24, 2.45) is 10.7 Å².